The van der Waals surface area contributed by atoms with E-state index >= 15 is 0 Å². The van der Waals surface area contributed by atoms with Gasteiger partial charge in [0.1, 0.15) is 12.4 Å². The first-order valence-electron chi connectivity index (χ1n) is 7.97. The average Bonchev–Trinajstić information content (AvgIpc) is 2.56. The number of benzene rings is 2. The van der Waals surface area contributed by atoms with Gasteiger partial charge in [-0.25, -0.2) is 0 Å². The average molecular weight is 349 g/mol. The molecule has 0 aliphatic heterocycles. The van der Waals surface area contributed by atoms with Crippen molar-refractivity contribution in [3.8, 4) is 5.75 Å². The summed E-state index contributed by atoms with van der Waals surface area (Å²) in [6.45, 7) is 5.75. The van der Waals surface area contributed by atoms with Crippen LogP contribution in [0.25, 0.3) is 0 Å². The molecule has 0 saturated heterocycles. The summed E-state index contributed by atoms with van der Waals surface area (Å²) < 4.78 is 5.79. The zero-order valence-electron chi connectivity index (χ0n) is 14.2. The van der Waals surface area contributed by atoms with Gasteiger partial charge in [0.15, 0.2) is 0 Å². The van der Waals surface area contributed by atoms with Crippen molar-refractivity contribution in [3.05, 3.63) is 59.7 Å². The van der Waals surface area contributed by atoms with Crippen molar-refractivity contribution in [1.82, 2.24) is 5.32 Å². The maximum atomic E-state index is 11.8. The van der Waals surface area contributed by atoms with Crippen molar-refractivity contribution in [3.63, 3.8) is 0 Å². The molecule has 4 nitrogen and oxygen atoms in total. The molecule has 0 unspecified atom stereocenters. The topological polar surface area (TPSA) is 50.4 Å². The van der Waals surface area contributed by atoms with E-state index in [1.165, 1.54) is 0 Å². The Morgan fingerprint density at radius 1 is 1.12 bits per heavy atom. The van der Waals surface area contributed by atoms with Crippen LogP contribution in [0.4, 0.5) is 5.69 Å². The fraction of sp³-hybridized carbons (Fsp3) is 0.316. The lowest BCUT2D eigenvalue weighted by Gasteiger charge is -2.12. The molecule has 0 fully saturated rings. The number of carbonyl (C=O) groups is 1. The van der Waals surface area contributed by atoms with Gasteiger partial charge in [0.2, 0.25) is 5.91 Å². The first kappa shape index (κ1) is 20.0. The normalized spacial score (nSPS) is 9.92. The van der Waals surface area contributed by atoms with Gasteiger partial charge in [-0.05, 0) is 49.2 Å². The zero-order chi connectivity index (χ0) is 16.5. The Kier molecular flexibility index (Phi) is 8.90. The van der Waals surface area contributed by atoms with Gasteiger partial charge in [-0.1, -0.05) is 37.3 Å². The Hall–Kier alpha value is -2.04. The summed E-state index contributed by atoms with van der Waals surface area (Å²) in [7, 11) is 0. The lowest BCUT2D eigenvalue weighted by atomic mass is 10.2. The molecule has 1 amide bonds. The van der Waals surface area contributed by atoms with E-state index in [2.05, 4.69) is 17.6 Å². The summed E-state index contributed by atoms with van der Waals surface area (Å²) in [5.41, 5.74) is 2.93. The van der Waals surface area contributed by atoms with Gasteiger partial charge in [0.05, 0.1) is 6.54 Å². The van der Waals surface area contributed by atoms with Crippen LogP contribution in [0.5, 0.6) is 5.75 Å². The quantitative estimate of drug-likeness (QED) is 0.710. The standard InChI is InChI=1S/C19H24N2O2.ClH/c1-3-11-20-13-19(22)21-18-10-9-17(12-15(18)2)23-14-16-7-5-4-6-8-16;/h4-10,12,20H,3,11,13-14H2,1-2H3,(H,21,22);1H. The lowest BCUT2D eigenvalue weighted by Crippen LogP contribution is -2.28. The van der Waals surface area contributed by atoms with Gasteiger partial charge in [0, 0.05) is 5.69 Å². The molecular weight excluding hydrogens is 324 g/mol. The highest BCUT2D eigenvalue weighted by Gasteiger charge is 2.05. The van der Waals surface area contributed by atoms with E-state index in [9.17, 15) is 4.79 Å². The number of carbonyl (C=O) groups excluding carboxylic acids is 1. The highest BCUT2D eigenvalue weighted by molar-refractivity contribution is 5.93. The lowest BCUT2D eigenvalue weighted by molar-refractivity contribution is -0.115. The fourth-order valence-corrected chi connectivity index (χ4v) is 2.18. The summed E-state index contributed by atoms with van der Waals surface area (Å²) >= 11 is 0. The van der Waals surface area contributed by atoms with Crippen LogP contribution < -0.4 is 15.4 Å². The molecule has 0 aliphatic rings. The summed E-state index contributed by atoms with van der Waals surface area (Å²) in [6.07, 6.45) is 1.01. The number of anilines is 1. The van der Waals surface area contributed by atoms with Gasteiger partial charge in [0.25, 0.3) is 0 Å². The third-order valence-corrected chi connectivity index (χ3v) is 3.43. The molecule has 2 aromatic rings. The molecule has 0 atom stereocenters. The fourth-order valence-electron chi connectivity index (χ4n) is 2.18. The van der Waals surface area contributed by atoms with E-state index in [1.807, 2.05) is 55.5 Å². The van der Waals surface area contributed by atoms with E-state index in [0.717, 1.165) is 35.5 Å². The number of hydrogen-bond acceptors (Lipinski definition) is 3. The van der Waals surface area contributed by atoms with E-state index < -0.39 is 0 Å². The molecule has 0 aliphatic carbocycles. The molecular formula is C19H25ClN2O2. The highest BCUT2D eigenvalue weighted by Crippen LogP contribution is 2.22. The SMILES string of the molecule is CCCNCC(=O)Nc1ccc(OCc2ccccc2)cc1C.Cl. The zero-order valence-corrected chi connectivity index (χ0v) is 15.0. The van der Waals surface area contributed by atoms with Gasteiger partial charge in [-0.2, -0.15) is 0 Å². The van der Waals surface area contributed by atoms with Crippen LogP contribution in [-0.4, -0.2) is 19.0 Å². The third kappa shape index (κ3) is 6.60. The van der Waals surface area contributed by atoms with Crippen LogP contribution in [0, 0.1) is 6.92 Å². The smallest absolute Gasteiger partial charge is 0.238 e. The maximum Gasteiger partial charge on any atom is 0.238 e. The van der Waals surface area contributed by atoms with Crippen molar-refractivity contribution >= 4 is 24.0 Å². The molecule has 24 heavy (non-hydrogen) atoms. The second kappa shape index (κ2) is 10.7. The van der Waals surface area contributed by atoms with Gasteiger partial charge < -0.3 is 15.4 Å². The first-order chi connectivity index (χ1) is 11.2. The summed E-state index contributed by atoms with van der Waals surface area (Å²) in [5.74, 6) is 0.771. The molecule has 0 radical (unpaired) electrons. The van der Waals surface area contributed by atoms with E-state index in [1.54, 1.807) is 0 Å². The van der Waals surface area contributed by atoms with Crippen molar-refractivity contribution in [2.24, 2.45) is 0 Å². The molecule has 2 rings (SSSR count). The van der Waals surface area contributed by atoms with Crippen LogP contribution in [-0.2, 0) is 11.4 Å². The van der Waals surface area contributed by atoms with Crippen LogP contribution in [0.1, 0.15) is 24.5 Å². The van der Waals surface area contributed by atoms with Crippen LogP contribution in [0.2, 0.25) is 0 Å². The summed E-state index contributed by atoms with van der Waals surface area (Å²) in [4.78, 5) is 11.8. The Balaban J connectivity index is 0.00000288. The number of nitrogens with one attached hydrogen (secondary N) is 2. The molecule has 0 heterocycles. The Morgan fingerprint density at radius 2 is 1.88 bits per heavy atom. The van der Waals surface area contributed by atoms with Gasteiger partial charge >= 0.3 is 0 Å². The predicted molar refractivity (Wildman–Crippen MR) is 101 cm³/mol. The van der Waals surface area contributed by atoms with E-state index in [-0.39, 0.29) is 18.3 Å². The minimum Gasteiger partial charge on any atom is -0.489 e. The van der Waals surface area contributed by atoms with Crippen molar-refractivity contribution < 1.29 is 9.53 Å². The molecule has 0 saturated carbocycles. The number of halogens is 1. The first-order valence-corrected chi connectivity index (χ1v) is 7.97. The third-order valence-electron chi connectivity index (χ3n) is 3.43. The number of ether oxygens (including phenoxy) is 1. The monoisotopic (exact) mass is 348 g/mol. The van der Waals surface area contributed by atoms with Crippen molar-refractivity contribution in [1.29, 1.82) is 0 Å². The molecule has 0 aromatic heterocycles. The number of amides is 1. The number of rotatable bonds is 8. The molecule has 2 aromatic carbocycles. The highest BCUT2D eigenvalue weighted by atomic mass is 35.5. The largest absolute Gasteiger partial charge is 0.489 e. The maximum absolute atomic E-state index is 11.8. The Bertz CT molecular complexity index is 633. The summed E-state index contributed by atoms with van der Waals surface area (Å²) in [5, 5.41) is 6.00. The van der Waals surface area contributed by atoms with Gasteiger partial charge in [-0.15, -0.1) is 12.4 Å². The number of aryl methyl sites for hydroxylation is 1. The molecule has 2 N–H and O–H groups in total. The molecule has 0 spiro atoms. The van der Waals surface area contributed by atoms with Crippen LogP contribution in [0.15, 0.2) is 48.5 Å². The number of hydrogen-bond donors (Lipinski definition) is 2. The van der Waals surface area contributed by atoms with Crippen LogP contribution in [0.3, 0.4) is 0 Å². The minimum absolute atomic E-state index is 0. The van der Waals surface area contributed by atoms with E-state index in [4.69, 9.17) is 4.74 Å². The Morgan fingerprint density at radius 3 is 2.54 bits per heavy atom. The minimum atomic E-state index is -0.0282. The van der Waals surface area contributed by atoms with Crippen molar-refractivity contribution in [2.45, 2.75) is 26.9 Å². The van der Waals surface area contributed by atoms with Crippen molar-refractivity contribution in [2.75, 3.05) is 18.4 Å². The molecule has 130 valence electrons. The Labute approximate surface area is 150 Å². The predicted octanol–water partition coefficient (Wildman–Crippen LogP) is 3.93. The second-order valence-corrected chi connectivity index (χ2v) is 5.48. The van der Waals surface area contributed by atoms with Gasteiger partial charge in [-0.3, -0.25) is 4.79 Å². The molecule has 5 heteroatoms. The van der Waals surface area contributed by atoms with E-state index in [0.29, 0.717) is 13.2 Å². The molecule has 0 bridgehead atoms. The second-order valence-electron chi connectivity index (χ2n) is 5.48. The summed E-state index contributed by atoms with van der Waals surface area (Å²) in [6, 6.07) is 15.7. The van der Waals surface area contributed by atoms with Crippen LogP contribution >= 0.6 is 12.4 Å².